The maximum Gasteiger partial charge on any atom is 0.224 e. The van der Waals surface area contributed by atoms with Gasteiger partial charge in [0.15, 0.2) is 0 Å². The van der Waals surface area contributed by atoms with Crippen molar-refractivity contribution in [2.24, 2.45) is 0 Å². The molecule has 33 heavy (non-hydrogen) atoms. The lowest BCUT2D eigenvalue weighted by molar-refractivity contribution is -0.132. The summed E-state index contributed by atoms with van der Waals surface area (Å²) in [6, 6.07) is 23.0. The van der Waals surface area contributed by atoms with Crippen molar-refractivity contribution in [1.82, 2.24) is 4.90 Å². The van der Waals surface area contributed by atoms with E-state index < -0.39 is 0 Å². The molecule has 4 aromatic rings. The smallest absolute Gasteiger partial charge is 0.224 e. The number of fused-ring (bicyclic) bond motifs is 5. The van der Waals surface area contributed by atoms with Crippen LogP contribution in [0.3, 0.4) is 0 Å². The number of nitrogens with zero attached hydrogens (tertiary/aromatic N) is 1. The highest BCUT2D eigenvalue weighted by atomic mass is 16.2. The van der Waals surface area contributed by atoms with Gasteiger partial charge in [-0.2, -0.15) is 0 Å². The van der Waals surface area contributed by atoms with Gasteiger partial charge in [0, 0.05) is 37.0 Å². The Balaban J connectivity index is 1.31. The second-order valence-corrected chi connectivity index (χ2v) is 9.05. The highest BCUT2D eigenvalue weighted by Crippen LogP contribution is 2.36. The number of amides is 2. The zero-order chi connectivity index (χ0) is 22.6. The quantitative estimate of drug-likeness (QED) is 0.270. The van der Waals surface area contributed by atoms with Gasteiger partial charge in [-0.15, -0.1) is 0 Å². The van der Waals surface area contributed by atoms with E-state index in [0.29, 0.717) is 12.8 Å². The monoisotopic (exact) mass is 438 g/mol. The van der Waals surface area contributed by atoms with E-state index in [1.807, 2.05) is 23.1 Å². The van der Waals surface area contributed by atoms with Crippen LogP contribution in [0.4, 0.5) is 5.69 Å². The van der Waals surface area contributed by atoms with Crippen LogP contribution in [0.1, 0.15) is 44.9 Å². The lowest BCUT2D eigenvalue weighted by Gasteiger charge is -2.26. The molecular weight excluding hydrogens is 408 g/mol. The van der Waals surface area contributed by atoms with Gasteiger partial charge in [-0.05, 0) is 65.1 Å². The molecule has 4 heteroatoms. The third-order valence-electron chi connectivity index (χ3n) is 6.79. The highest BCUT2D eigenvalue weighted by molar-refractivity contribution is 6.21. The van der Waals surface area contributed by atoms with Crippen molar-refractivity contribution < 1.29 is 9.59 Å². The van der Waals surface area contributed by atoms with Crippen LogP contribution in [0.25, 0.3) is 32.3 Å². The van der Waals surface area contributed by atoms with Crippen LogP contribution in [0.15, 0.2) is 66.7 Å². The van der Waals surface area contributed by atoms with Gasteiger partial charge >= 0.3 is 0 Å². The first-order chi connectivity index (χ1) is 16.2. The standard InChI is InChI=1S/C29H30N2O2/c32-28(14-6-7-15-29(33)31-18-8-1-9-19-31)30-27-20-26-22-11-3-2-10-21(22)16-17-24(26)23-12-4-5-13-25(23)27/h2-5,10-13,16-17,20H,1,6-9,14-15,18-19H2,(H,30,32). The van der Waals surface area contributed by atoms with E-state index in [4.69, 9.17) is 0 Å². The number of nitrogens with one attached hydrogen (secondary N) is 1. The molecule has 4 nitrogen and oxygen atoms in total. The molecule has 0 aromatic heterocycles. The van der Waals surface area contributed by atoms with Crippen molar-refractivity contribution >= 4 is 49.8 Å². The Morgan fingerprint density at radius 3 is 2.18 bits per heavy atom. The van der Waals surface area contributed by atoms with Crippen LogP contribution in [-0.4, -0.2) is 29.8 Å². The van der Waals surface area contributed by atoms with E-state index in [1.54, 1.807) is 0 Å². The van der Waals surface area contributed by atoms with Crippen LogP contribution >= 0.6 is 0 Å². The van der Waals surface area contributed by atoms with E-state index in [0.717, 1.165) is 60.6 Å². The summed E-state index contributed by atoms with van der Waals surface area (Å²) in [5.74, 6) is 0.243. The van der Waals surface area contributed by atoms with E-state index in [1.165, 1.54) is 22.6 Å². The van der Waals surface area contributed by atoms with Crippen molar-refractivity contribution in [3.63, 3.8) is 0 Å². The molecule has 1 N–H and O–H groups in total. The summed E-state index contributed by atoms with van der Waals surface area (Å²) >= 11 is 0. The minimum atomic E-state index is 0.00478. The molecule has 1 aliphatic heterocycles. The molecule has 4 aromatic carbocycles. The molecule has 5 rings (SSSR count). The average Bonchev–Trinajstić information content (AvgIpc) is 2.87. The van der Waals surface area contributed by atoms with Crippen LogP contribution in [-0.2, 0) is 9.59 Å². The summed E-state index contributed by atoms with van der Waals surface area (Å²) in [5.41, 5.74) is 0.851. The number of carbonyl (C=O) groups is 2. The van der Waals surface area contributed by atoms with Gasteiger partial charge in [0.25, 0.3) is 0 Å². The fourth-order valence-corrected chi connectivity index (χ4v) is 5.04. The molecule has 1 saturated heterocycles. The number of benzene rings is 4. The number of likely N-dealkylation sites (tertiary alicyclic amines) is 1. The molecule has 0 saturated carbocycles. The Bertz CT molecular complexity index is 1320. The molecule has 1 heterocycles. The van der Waals surface area contributed by atoms with Gasteiger partial charge in [-0.1, -0.05) is 60.7 Å². The first-order valence-corrected chi connectivity index (χ1v) is 12.1. The zero-order valence-electron chi connectivity index (χ0n) is 19.0. The minimum Gasteiger partial charge on any atom is -0.343 e. The van der Waals surface area contributed by atoms with Crippen molar-refractivity contribution in [3.8, 4) is 0 Å². The predicted molar refractivity (Wildman–Crippen MR) is 136 cm³/mol. The lowest BCUT2D eigenvalue weighted by Crippen LogP contribution is -2.35. The zero-order valence-corrected chi connectivity index (χ0v) is 19.0. The van der Waals surface area contributed by atoms with Crippen LogP contribution in [0.2, 0.25) is 0 Å². The predicted octanol–water partition coefficient (Wildman–Crippen LogP) is 6.66. The molecule has 1 fully saturated rings. The number of hydrogen-bond acceptors (Lipinski definition) is 2. The number of carbonyl (C=O) groups excluding carboxylic acids is 2. The molecule has 0 atom stereocenters. The normalized spacial score (nSPS) is 14.1. The summed E-state index contributed by atoms with van der Waals surface area (Å²) in [4.78, 5) is 27.1. The Hall–Kier alpha value is -3.40. The molecule has 0 spiro atoms. The Morgan fingerprint density at radius 2 is 1.36 bits per heavy atom. The number of unbranched alkanes of at least 4 members (excludes halogenated alkanes) is 1. The molecule has 1 aliphatic rings. The Labute approximate surface area is 194 Å². The molecule has 168 valence electrons. The van der Waals surface area contributed by atoms with E-state index in [-0.39, 0.29) is 11.8 Å². The van der Waals surface area contributed by atoms with Gasteiger partial charge < -0.3 is 10.2 Å². The van der Waals surface area contributed by atoms with Crippen LogP contribution in [0.5, 0.6) is 0 Å². The maximum atomic E-state index is 12.8. The Kier molecular flexibility index (Phi) is 6.25. The number of hydrogen-bond donors (Lipinski definition) is 1. The summed E-state index contributed by atoms with van der Waals surface area (Å²) in [6.45, 7) is 1.78. The van der Waals surface area contributed by atoms with Crippen molar-refractivity contribution in [2.75, 3.05) is 18.4 Å². The summed E-state index contributed by atoms with van der Waals surface area (Å²) in [5, 5.41) is 10.1. The van der Waals surface area contributed by atoms with Crippen LogP contribution < -0.4 is 5.32 Å². The van der Waals surface area contributed by atoms with Gasteiger partial charge in [0.05, 0.1) is 0 Å². The molecule has 0 bridgehead atoms. The van der Waals surface area contributed by atoms with E-state index >= 15 is 0 Å². The van der Waals surface area contributed by atoms with Crippen molar-refractivity contribution in [1.29, 1.82) is 0 Å². The minimum absolute atomic E-state index is 0.00478. The second-order valence-electron chi connectivity index (χ2n) is 9.05. The molecular formula is C29H30N2O2. The number of rotatable bonds is 6. The SMILES string of the molecule is O=C(CCCCC(=O)N1CCCCC1)Nc1cc2c3ccccc3ccc2c2ccccc12. The third kappa shape index (κ3) is 4.56. The van der Waals surface area contributed by atoms with Gasteiger partial charge in [0.1, 0.15) is 0 Å². The summed E-state index contributed by atoms with van der Waals surface area (Å²) in [7, 11) is 0. The lowest BCUT2D eigenvalue weighted by atomic mass is 9.96. The fraction of sp³-hybridized carbons (Fsp3) is 0.310. The first kappa shape index (κ1) is 21.4. The van der Waals surface area contributed by atoms with Gasteiger partial charge in [-0.25, -0.2) is 0 Å². The largest absolute Gasteiger partial charge is 0.343 e. The Morgan fingerprint density at radius 1 is 0.697 bits per heavy atom. The molecule has 2 amide bonds. The summed E-state index contributed by atoms with van der Waals surface area (Å²) in [6.07, 6.45) is 5.90. The van der Waals surface area contributed by atoms with Gasteiger partial charge in [-0.3, -0.25) is 9.59 Å². The number of piperidine rings is 1. The molecule has 0 unspecified atom stereocenters. The van der Waals surface area contributed by atoms with Crippen LogP contribution in [0, 0.1) is 0 Å². The number of anilines is 1. The molecule has 0 aliphatic carbocycles. The highest BCUT2D eigenvalue weighted by Gasteiger charge is 2.16. The van der Waals surface area contributed by atoms with E-state index in [9.17, 15) is 9.59 Å². The third-order valence-corrected chi connectivity index (χ3v) is 6.79. The topological polar surface area (TPSA) is 49.4 Å². The average molecular weight is 439 g/mol. The van der Waals surface area contributed by atoms with Gasteiger partial charge in [0.2, 0.25) is 11.8 Å². The fourth-order valence-electron chi connectivity index (χ4n) is 5.04. The summed E-state index contributed by atoms with van der Waals surface area (Å²) < 4.78 is 0. The van der Waals surface area contributed by atoms with Crippen molar-refractivity contribution in [3.05, 3.63) is 66.7 Å². The van der Waals surface area contributed by atoms with E-state index in [2.05, 4.69) is 53.8 Å². The first-order valence-electron chi connectivity index (χ1n) is 12.1. The second kappa shape index (κ2) is 9.62. The van der Waals surface area contributed by atoms with Crippen molar-refractivity contribution in [2.45, 2.75) is 44.9 Å². The molecule has 0 radical (unpaired) electrons. The maximum absolute atomic E-state index is 12.8.